The third-order valence-electron chi connectivity index (χ3n) is 16.3. The van der Waals surface area contributed by atoms with Crippen LogP contribution < -0.4 is 44.6 Å². The smallest absolute Gasteiger partial charge is 0.404 e. The molecule has 2 aliphatic rings. The minimum absolute atomic E-state index is 0.0249. The Bertz CT molecular complexity index is 3270. The van der Waals surface area contributed by atoms with Gasteiger partial charge in [-0.15, -0.1) is 22.7 Å². The van der Waals surface area contributed by atoms with Crippen LogP contribution >= 0.6 is 22.7 Å². The molecule has 19 atom stereocenters. The molecule has 2 fully saturated rings. The third kappa shape index (κ3) is 20.8. The van der Waals surface area contributed by atoms with Crippen molar-refractivity contribution in [2.24, 2.45) is 40.7 Å². The number of rotatable bonds is 37. The van der Waals surface area contributed by atoms with Gasteiger partial charge in [0.05, 0.1) is 85.1 Å². The fraction of sp³-hybridized carbons (Fsp3) is 0.638. The lowest BCUT2D eigenvalue weighted by molar-refractivity contribution is -0.373. The highest BCUT2D eigenvalue weighted by molar-refractivity contribution is 7.95. The van der Waals surface area contributed by atoms with Crippen LogP contribution in [-0.2, 0) is 65.0 Å². The van der Waals surface area contributed by atoms with Crippen LogP contribution in [0.5, 0.6) is 0 Å². The lowest BCUT2D eigenvalue weighted by Crippen LogP contribution is -2.65. The molecule has 0 saturated carbocycles. The van der Waals surface area contributed by atoms with E-state index in [-0.39, 0.29) is 71.2 Å². The molecule has 96 heavy (non-hydrogen) atoms. The van der Waals surface area contributed by atoms with Gasteiger partial charge in [-0.05, 0) is 44.5 Å². The fourth-order valence-electron chi connectivity index (χ4n) is 10.6. The number of ether oxygens (including phenoxy) is 5. The SMILES string of the molecule is Cc1c(N)nc([C@@H](CCC(N)C(N)=O)CC(N)=O)nc1C(=O)C[C@H](C(=O)N[C@H](C)[C@@H](O)[C@H](C)C(=O)C[C@H](C(=O)NCCc1nc(-c2nc(C(=O)NCCC[S+](C)C)cs2)cs1)[C@@H](C)O)C(O[C@@H]1OC(CO)[C@@H](O)[C@@H](O)C1O[C@H]1OC(CO)[C@@H](O)C(OC(N)=O)[C@H]1O)c1cnc[nH]1. The number of amides is 6. The molecule has 0 aliphatic carbocycles. The van der Waals surface area contributed by atoms with Crippen LogP contribution in [0.2, 0.25) is 0 Å². The Kier molecular flexibility index (Phi) is 29.4. The number of carbonyl (C=O) groups excluding carboxylic acids is 8. The van der Waals surface area contributed by atoms with Gasteiger partial charge < -0.3 is 114 Å². The van der Waals surface area contributed by atoms with E-state index in [1.807, 2.05) is 0 Å². The topological polar surface area (TPSA) is 591 Å². The van der Waals surface area contributed by atoms with Gasteiger partial charge in [-0.25, -0.2) is 29.7 Å². The van der Waals surface area contributed by atoms with Gasteiger partial charge in [0.15, 0.2) is 24.5 Å². The van der Waals surface area contributed by atoms with Gasteiger partial charge in [-0.3, -0.25) is 33.6 Å². The number of nitrogens with one attached hydrogen (secondary N) is 4. The maximum absolute atomic E-state index is 15.3. The van der Waals surface area contributed by atoms with Gasteiger partial charge in [0.1, 0.15) is 94.1 Å². The number of aliphatic hydroxyl groups excluding tert-OH is 8. The first-order valence-electron chi connectivity index (χ1n) is 30.6. The minimum atomic E-state index is -2.17. The Morgan fingerprint density at radius 2 is 1.48 bits per heavy atom. The summed E-state index contributed by atoms with van der Waals surface area (Å²) in [6.07, 6.45) is -20.7. The lowest BCUT2D eigenvalue weighted by Gasteiger charge is -2.47. The number of imidazole rings is 1. The molecule has 6 heterocycles. The van der Waals surface area contributed by atoms with Crippen molar-refractivity contribution in [1.29, 1.82) is 0 Å². The number of carbonyl (C=O) groups is 8. The Labute approximate surface area is 561 Å². The van der Waals surface area contributed by atoms with Gasteiger partial charge >= 0.3 is 6.09 Å². The van der Waals surface area contributed by atoms with E-state index in [2.05, 4.69) is 58.4 Å². The van der Waals surface area contributed by atoms with Crippen LogP contribution in [0.3, 0.4) is 0 Å². The van der Waals surface area contributed by atoms with Crippen LogP contribution in [0.15, 0.2) is 23.3 Å². The second-order valence-corrected chi connectivity index (χ2v) is 27.9. The zero-order valence-electron chi connectivity index (χ0n) is 53.5. The molecule has 532 valence electrons. The van der Waals surface area contributed by atoms with Crippen molar-refractivity contribution in [1.82, 2.24) is 45.9 Å². The highest BCUT2D eigenvalue weighted by Gasteiger charge is 2.54. The first-order chi connectivity index (χ1) is 45.3. The molecule has 6 unspecified atom stereocenters. The normalized spacial score (nSPS) is 24.1. The van der Waals surface area contributed by atoms with Crippen molar-refractivity contribution >= 4 is 86.6 Å². The molecule has 4 aromatic rings. The molecule has 0 bridgehead atoms. The number of hydrogen-bond donors (Lipinski definition) is 17. The first kappa shape index (κ1) is 78.1. The lowest BCUT2D eigenvalue weighted by atomic mass is 9.86. The Morgan fingerprint density at radius 1 is 0.792 bits per heavy atom. The number of hydrogen-bond acceptors (Lipinski definition) is 30. The summed E-state index contributed by atoms with van der Waals surface area (Å²) in [6, 6.07) is -2.59. The number of thiazole rings is 2. The van der Waals surface area contributed by atoms with E-state index in [9.17, 15) is 69.6 Å². The van der Waals surface area contributed by atoms with Crippen molar-refractivity contribution in [3.8, 4) is 10.7 Å². The average molecular weight is 1410 g/mol. The fourth-order valence-corrected chi connectivity index (χ4v) is 12.9. The minimum Gasteiger partial charge on any atom is -0.441 e. The number of nitrogens with zero attached hydrogens (tertiary/aromatic N) is 5. The molecule has 4 aromatic heterocycles. The van der Waals surface area contributed by atoms with Gasteiger partial charge in [0.25, 0.3) is 5.91 Å². The van der Waals surface area contributed by atoms with Gasteiger partial charge in [-0.2, -0.15) is 0 Å². The summed E-state index contributed by atoms with van der Waals surface area (Å²) in [7, 11) is 0.259. The number of ketones is 2. The number of primary amides is 3. The molecule has 38 heteroatoms. The number of aromatic amines is 1. The van der Waals surface area contributed by atoms with E-state index in [0.717, 1.165) is 24.7 Å². The van der Waals surface area contributed by atoms with Crippen molar-refractivity contribution in [2.45, 2.75) is 170 Å². The molecule has 35 nitrogen and oxygen atoms in total. The Morgan fingerprint density at radius 3 is 2.10 bits per heavy atom. The summed E-state index contributed by atoms with van der Waals surface area (Å²) in [5.74, 6) is -10.5. The molecule has 6 amide bonds. The number of nitrogen functional groups attached to an aromatic ring is 1. The molecule has 6 rings (SSSR count). The monoisotopic (exact) mass is 1410 g/mol. The summed E-state index contributed by atoms with van der Waals surface area (Å²) >= 11 is 2.56. The first-order valence-corrected chi connectivity index (χ1v) is 34.5. The second kappa shape index (κ2) is 36.1. The molecule has 22 N–H and O–H groups in total. The van der Waals surface area contributed by atoms with Crippen molar-refractivity contribution < 1.29 is 103 Å². The van der Waals surface area contributed by atoms with Crippen LogP contribution in [0.25, 0.3) is 10.7 Å². The van der Waals surface area contributed by atoms with Crippen LogP contribution in [0.1, 0.15) is 114 Å². The summed E-state index contributed by atoms with van der Waals surface area (Å²) in [6.45, 7) is 3.92. The summed E-state index contributed by atoms with van der Waals surface area (Å²) in [5.41, 5.74) is 28.7. The van der Waals surface area contributed by atoms with E-state index in [1.54, 1.807) is 10.8 Å². The summed E-state index contributed by atoms with van der Waals surface area (Å²) in [5, 5.41) is 101. The van der Waals surface area contributed by atoms with Crippen molar-refractivity contribution in [3.05, 3.63) is 56.8 Å². The van der Waals surface area contributed by atoms with Crippen molar-refractivity contribution in [3.63, 3.8) is 0 Å². The molecular weight excluding hydrogens is 1320 g/mol. The molecule has 0 spiro atoms. The number of anilines is 1. The number of H-pyrrole nitrogens is 1. The third-order valence-corrected chi connectivity index (χ3v) is 19.2. The van der Waals surface area contributed by atoms with Crippen LogP contribution in [0.4, 0.5) is 10.6 Å². The quantitative estimate of drug-likeness (QED) is 0.0115. The molecule has 2 aliphatic heterocycles. The number of aliphatic hydroxyl groups is 8. The molecule has 0 aromatic carbocycles. The van der Waals surface area contributed by atoms with Crippen LogP contribution in [-0.4, -0.2) is 248 Å². The standard InChI is InChI=1S/C58H86N14O21S3/c1-23(34(76)15-28(26(4)75)52(85)66-12-10-39-69-33(21-94-39)55-70-32(20-95-55)54(87)65-11-7-13-96(5)6)41(79)25(3)68-53(86)29(16-35(77)40-24(2)49(61)72-51(71-40)27(14-38(60)78)8-9-30(59)50(62)84)46(31-17-64-22-67-31)91-57-48(44(82)42(80)36(18-73)90-57)92-56-45(83)47(93-58(63)88)43(81)37(19-74)89-56/h17,20-23,25-30,36-37,41-48,56-57,73-75,79-83H,7-16,18-19,59H2,1-6H3,(H11-,60,61,62,63,64,65,66,67,68,71,72,78,84,85,86,87,88)/p+1/t23-,25-,26-,27+,28+,29+,30?,36?,37?,41+,42-,43-,44-,45-,46?,47?,48?,56-,57+/m1/s1. The molecule has 0 radical (unpaired) electrons. The van der Waals surface area contributed by atoms with Gasteiger partial charge in [-0.1, -0.05) is 6.92 Å². The second-order valence-electron chi connectivity index (χ2n) is 23.7. The predicted molar refractivity (Wildman–Crippen MR) is 342 cm³/mol. The van der Waals surface area contributed by atoms with Crippen molar-refractivity contribution in [2.75, 3.05) is 50.3 Å². The Balaban J connectivity index is 1.26. The summed E-state index contributed by atoms with van der Waals surface area (Å²) < 4.78 is 28.9. The van der Waals surface area contributed by atoms with E-state index in [1.165, 1.54) is 50.4 Å². The maximum Gasteiger partial charge on any atom is 0.404 e. The zero-order valence-corrected chi connectivity index (χ0v) is 55.9. The number of nitrogens with two attached hydrogens (primary N) is 5. The van der Waals surface area contributed by atoms with Gasteiger partial charge in [0.2, 0.25) is 23.6 Å². The molecule has 2 saturated heterocycles. The number of Topliss-reactive ketones (excluding diaryl/α,β-unsaturated/α-hetero) is 2. The summed E-state index contributed by atoms with van der Waals surface area (Å²) in [4.78, 5) is 132. The van der Waals surface area contributed by atoms with E-state index >= 15 is 9.59 Å². The largest absolute Gasteiger partial charge is 0.441 e. The average Bonchev–Trinajstić information content (AvgIpc) is 0.883. The van der Waals surface area contributed by atoms with E-state index in [4.69, 9.17) is 52.4 Å². The maximum atomic E-state index is 15.3. The Hall–Kier alpha value is -6.86. The molecular formula is C58H87N14O21S3+. The van der Waals surface area contributed by atoms with E-state index < -0.39 is 195 Å². The van der Waals surface area contributed by atoms with Crippen LogP contribution in [0, 0.1) is 24.7 Å². The highest BCUT2D eigenvalue weighted by atomic mass is 32.2. The predicted octanol–water partition coefficient (Wildman–Crippen LogP) is -4.29. The van der Waals surface area contributed by atoms with Gasteiger partial charge in [0, 0.05) is 73.4 Å². The number of aromatic nitrogens is 6. The highest BCUT2D eigenvalue weighted by Crippen LogP contribution is 2.38. The van der Waals surface area contributed by atoms with E-state index in [0.29, 0.717) is 22.3 Å². The zero-order chi connectivity index (χ0) is 71.0.